The van der Waals surface area contributed by atoms with Crippen molar-refractivity contribution in [1.82, 2.24) is 4.90 Å². The lowest BCUT2D eigenvalue weighted by atomic mass is 9.81. The van der Waals surface area contributed by atoms with Gasteiger partial charge in [0.1, 0.15) is 0 Å². The molecule has 1 aromatic carbocycles. The minimum absolute atomic E-state index is 0.302. The quantitative estimate of drug-likeness (QED) is 0.562. The summed E-state index contributed by atoms with van der Waals surface area (Å²) in [6, 6.07) is 9.94. The second kappa shape index (κ2) is 7.45. The van der Waals surface area contributed by atoms with Crippen molar-refractivity contribution >= 4 is 0 Å². The van der Waals surface area contributed by atoms with Crippen LogP contribution in [0.25, 0.3) is 0 Å². The Bertz CT molecular complexity index is 431. The molecule has 0 bridgehead atoms. The number of hydrogen-bond acceptors (Lipinski definition) is 1. The third kappa shape index (κ3) is 2.90. The smallest absolute Gasteiger partial charge is 0.0469 e. The van der Waals surface area contributed by atoms with E-state index in [9.17, 15) is 0 Å². The van der Waals surface area contributed by atoms with Crippen molar-refractivity contribution < 1.29 is 0 Å². The molecule has 118 valence electrons. The third-order valence-corrected chi connectivity index (χ3v) is 5.10. The summed E-state index contributed by atoms with van der Waals surface area (Å²) < 4.78 is 0. The molecule has 2 rings (SSSR count). The van der Waals surface area contributed by atoms with Gasteiger partial charge in [-0.2, -0.15) is 0 Å². The zero-order chi connectivity index (χ0) is 15.3. The first kappa shape index (κ1) is 16.5. The zero-order valence-corrected chi connectivity index (χ0v) is 14.5. The molecule has 0 radical (unpaired) electrons. The average molecular weight is 287 g/mol. The molecule has 0 N–H and O–H groups in total. The van der Waals surface area contributed by atoms with Crippen LogP contribution in [-0.4, -0.2) is 11.4 Å². The maximum absolute atomic E-state index is 2.87. The molecule has 1 aromatic rings. The van der Waals surface area contributed by atoms with Crippen molar-refractivity contribution in [3.05, 3.63) is 35.4 Å². The highest BCUT2D eigenvalue weighted by Crippen LogP contribution is 2.52. The van der Waals surface area contributed by atoms with Gasteiger partial charge in [-0.1, -0.05) is 71.2 Å². The Kier molecular flexibility index (Phi) is 5.87. The van der Waals surface area contributed by atoms with Crippen molar-refractivity contribution in [3.8, 4) is 0 Å². The van der Waals surface area contributed by atoms with Gasteiger partial charge in [0.05, 0.1) is 0 Å². The van der Waals surface area contributed by atoms with Crippen LogP contribution < -0.4 is 0 Å². The summed E-state index contributed by atoms with van der Waals surface area (Å²) in [5.41, 5.74) is 3.56. The van der Waals surface area contributed by atoms with Crippen LogP contribution in [0.1, 0.15) is 89.8 Å². The van der Waals surface area contributed by atoms with E-state index in [-0.39, 0.29) is 0 Å². The molecule has 1 heteroatoms. The first-order valence-corrected chi connectivity index (χ1v) is 9.11. The number of benzene rings is 1. The SMILES string of the molecule is CCCC1c2ccccc2C(CCC)(CCC)N1CCC. The second-order valence-electron chi connectivity index (χ2n) is 6.62. The summed E-state index contributed by atoms with van der Waals surface area (Å²) in [6.07, 6.45) is 8.97. The fourth-order valence-corrected chi connectivity index (χ4v) is 4.54. The van der Waals surface area contributed by atoms with Gasteiger partial charge in [0.2, 0.25) is 0 Å². The summed E-state index contributed by atoms with van der Waals surface area (Å²) in [4.78, 5) is 2.87. The van der Waals surface area contributed by atoms with Gasteiger partial charge in [-0.25, -0.2) is 0 Å². The largest absolute Gasteiger partial charge is 0.287 e. The van der Waals surface area contributed by atoms with Crippen LogP contribution in [0.3, 0.4) is 0 Å². The van der Waals surface area contributed by atoms with Crippen molar-refractivity contribution in [2.45, 2.75) is 84.2 Å². The van der Waals surface area contributed by atoms with Crippen LogP contribution >= 0.6 is 0 Å². The molecular weight excluding hydrogens is 254 g/mol. The number of nitrogens with zero attached hydrogens (tertiary/aromatic N) is 1. The Labute approximate surface area is 131 Å². The van der Waals surface area contributed by atoms with E-state index in [2.05, 4.69) is 56.9 Å². The van der Waals surface area contributed by atoms with Crippen LogP contribution in [-0.2, 0) is 5.54 Å². The van der Waals surface area contributed by atoms with Gasteiger partial charge in [0.25, 0.3) is 0 Å². The van der Waals surface area contributed by atoms with Crippen molar-refractivity contribution in [2.24, 2.45) is 0 Å². The van der Waals surface area contributed by atoms with Gasteiger partial charge in [-0.05, 0) is 43.4 Å². The van der Waals surface area contributed by atoms with E-state index >= 15 is 0 Å². The van der Waals surface area contributed by atoms with Gasteiger partial charge >= 0.3 is 0 Å². The predicted molar refractivity (Wildman–Crippen MR) is 92.6 cm³/mol. The first-order valence-electron chi connectivity index (χ1n) is 9.11. The third-order valence-electron chi connectivity index (χ3n) is 5.10. The van der Waals surface area contributed by atoms with Crippen LogP contribution in [0.5, 0.6) is 0 Å². The number of fused-ring (bicyclic) bond motifs is 1. The Morgan fingerprint density at radius 3 is 2.14 bits per heavy atom. The molecule has 0 aliphatic carbocycles. The molecule has 0 amide bonds. The lowest BCUT2D eigenvalue weighted by Crippen LogP contribution is -2.43. The monoisotopic (exact) mass is 287 g/mol. The van der Waals surface area contributed by atoms with Crippen molar-refractivity contribution in [2.75, 3.05) is 6.54 Å². The molecule has 1 heterocycles. The maximum atomic E-state index is 2.87. The van der Waals surface area contributed by atoms with E-state index in [1.165, 1.54) is 51.5 Å². The first-order chi connectivity index (χ1) is 10.2. The lowest BCUT2D eigenvalue weighted by Gasteiger charge is -2.42. The van der Waals surface area contributed by atoms with E-state index in [0.29, 0.717) is 11.6 Å². The molecule has 0 saturated carbocycles. The fraction of sp³-hybridized carbons (Fsp3) is 0.700. The molecule has 0 spiro atoms. The molecule has 1 aliphatic rings. The highest BCUT2D eigenvalue weighted by molar-refractivity contribution is 5.41. The number of hydrogen-bond donors (Lipinski definition) is 0. The Balaban J connectivity index is 2.52. The molecule has 1 atom stereocenters. The average Bonchev–Trinajstić information content (AvgIpc) is 2.73. The summed E-state index contributed by atoms with van der Waals surface area (Å²) in [5.74, 6) is 0. The lowest BCUT2D eigenvalue weighted by molar-refractivity contribution is 0.0431. The van der Waals surface area contributed by atoms with E-state index in [1.54, 1.807) is 11.1 Å². The normalized spacial score (nSPS) is 20.7. The van der Waals surface area contributed by atoms with E-state index < -0.39 is 0 Å². The molecular formula is C20H33N. The van der Waals surface area contributed by atoms with Crippen LogP contribution in [0, 0.1) is 0 Å². The molecule has 1 unspecified atom stereocenters. The topological polar surface area (TPSA) is 3.24 Å². The molecule has 0 fully saturated rings. The van der Waals surface area contributed by atoms with Gasteiger partial charge in [0.15, 0.2) is 0 Å². The highest BCUT2D eigenvalue weighted by atomic mass is 15.2. The van der Waals surface area contributed by atoms with E-state index in [0.717, 1.165) is 0 Å². The summed E-state index contributed by atoms with van der Waals surface area (Å²) in [5, 5.41) is 0. The van der Waals surface area contributed by atoms with E-state index in [1.807, 2.05) is 0 Å². The van der Waals surface area contributed by atoms with Gasteiger partial charge < -0.3 is 0 Å². The Morgan fingerprint density at radius 1 is 0.905 bits per heavy atom. The number of rotatable bonds is 8. The van der Waals surface area contributed by atoms with Gasteiger partial charge in [-0.15, -0.1) is 0 Å². The van der Waals surface area contributed by atoms with Crippen LogP contribution in [0.4, 0.5) is 0 Å². The zero-order valence-electron chi connectivity index (χ0n) is 14.5. The van der Waals surface area contributed by atoms with Crippen LogP contribution in [0.15, 0.2) is 24.3 Å². The minimum atomic E-state index is 0.302. The van der Waals surface area contributed by atoms with Crippen LogP contribution in [0.2, 0.25) is 0 Å². The Morgan fingerprint density at radius 2 is 1.57 bits per heavy atom. The fourth-order valence-electron chi connectivity index (χ4n) is 4.54. The summed E-state index contributed by atoms with van der Waals surface area (Å²) in [6.45, 7) is 10.6. The van der Waals surface area contributed by atoms with Gasteiger partial charge in [0, 0.05) is 11.6 Å². The standard InChI is InChI=1S/C20H33N/c1-5-11-19-17-12-9-10-13-18(17)20(14-6-2,15-7-3)21(19)16-8-4/h9-10,12-13,19H,5-8,11,14-16H2,1-4H3. The van der Waals surface area contributed by atoms with E-state index in [4.69, 9.17) is 0 Å². The molecule has 1 nitrogen and oxygen atoms in total. The molecule has 21 heavy (non-hydrogen) atoms. The second-order valence-corrected chi connectivity index (χ2v) is 6.62. The highest BCUT2D eigenvalue weighted by Gasteiger charge is 2.47. The molecule has 1 aliphatic heterocycles. The predicted octanol–water partition coefficient (Wildman–Crippen LogP) is 6.05. The molecule has 0 saturated heterocycles. The summed E-state index contributed by atoms with van der Waals surface area (Å²) in [7, 11) is 0. The van der Waals surface area contributed by atoms with Gasteiger partial charge in [-0.3, -0.25) is 4.90 Å². The molecule has 0 aromatic heterocycles. The van der Waals surface area contributed by atoms with Crippen molar-refractivity contribution in [3.63, 3.8) is 0 Å². The maximum Gasteiger partial charge on any atom is 0.0469 e. The van der Waals surface area contributed by atoms with Crippen molar-refractivity contribution in [1.29, 1.82) is 0 Å². The summed E-state index contributed by atoms with van der Waals surface area (Å²) >= 11 is 0. The minimum Gasteiger partial charge on any atom is -0.287 e. The Hall–Kier alpha value is -0.820.